The van der Waals surface area contributed by atoms with Crippen molar-refractivity contribution < 1.29 is 9.18 Å². The third-order valence-corrected chi connectivity index (χ3v) is 3.34. The first-order valence-electron chi connectivity index (χ1n) is 6.00. The highest BCUT2D eigenvalue weighted by Crippen LogP contribution is 2.19. The summed E-state index contributed by atoms with van der Waals surface area (Å²) in [7, 11) is 1.67. The van der Waals surface area contributed by atoms with Gasteiger partial charge in [0.25, 0.3) is 0 Å². The SMILES string of the molecule is CN/C(=C/C(=O)NC1CC1)Nc1ccc(I)cc1F. The number of nitrogens with one attached hydrogen (secondary N) is 3. The minimum atomic E-state index is -0.351. The van der Waals surface area contributed by atoms with Crippen LogP contribution in [0, 0.1) is 9.39 Å². The van der Waals surface area contributed by atoms with Crippen LogP contribution in [0.5, 0.6) is 0 Å². The van der Waals surface area contributed by atoms with E-state index >= 15 is 0 Å². The van der Waals surface area contributed by atoms with Crippen LogP contribution in [0.4, 0.5) is 10.1 Å². The number of amides is 1. The average molecular weight is 375 g/mol. The Morgan fingerprint density at radius 2 is 2.21 bits per heavy atom. The van der Waals surface area contributed by atoms with Crippen LogP contribution in [0.25, 0.3) is 0 Å². The van der Waals surface area contributed by atoms with Gasteiger partial charge >= 0.3 is 0 Å². The normalized spacial score (nSPS) is 15.0. The second kappa shape index (κ2) is 6.23. The molecule has 102 valence electrons. The lowest BCUT2D eigenvalue weighted by atomic mass is 10.3. The van der Waals surface area contributed by atoms with E-state index in [1.807, 2.05) is 22.6 Å². The quantitative estimate of drug-likeness (QED) is 0.546. The third kappa shape index (κ3) is 4.38. The molecule has 1 fully saturated rings. The lowest BCUT2D eigenvalue weighted by Crippen LogP contribution is -2.26. The van der Waals surface area contributed by atoms with E-state index in [1.54, 1.807) is 19.2 Å². The second-order valence-electron chi connectivity index (χ2n) is 4.34. The lowest BCUT2D eigenvalue weighted by Gasteiger charge is -2.11. The van der Waals surface area contributed by atoms with E-state index in [0.717, 1.165) is 16.4 Å². The summed E-state index contributed by atoms with van der Waals surface area (Å²) in [5, 5.41) is 8.54. The van der Waals surface area contributed by atoms with Gasteiger partial charge in [-0.3, -0.25) is 4.79 Å². The zero-order chi connectivity index (χ0) is 13.8. The van der Waals surface area contributed by atoms with Gasteiger partial charge in [-0.25, -0.2) is 4.39 Å². The first-order valence-corrected chi connectivity index (χ1v) is 7.08. The maximum Gasteiger partial charge on any atom is 0.247 e. The second-order valence-corrected chi connectivity index (χ2v) is 5.59. The van der Waals surface area contributed by atoms with Gasteiger partial charge in [0.15, 0.2) is 0 Å². The molecule has 0 atom stereocenters. The summed E-state index contributed by atoms with van der Waals surface area (Å²) in [6.45, 7) is 0. The van der Waals surface area contributed by atoms with E-state index in [1.165, 1.54) is 12.1 Å². The van der Waals surface area contributed by atoms with Crippen molar-refractivity contribution in [3.05, 3.63) is 39.5 Å². The molecule has 1 aliphatic carbocycles. The van der Waals surface area contributed by atoms with Crippen LogP contribution in [0.3, 0.4) is 0 Å². The zero-order valence-corrected chi connectivity index (χ0v) is 12.6. The Morgan fingerprint density at radius 1 is 1.47 bits per heavy atom. The van der Waals surface area contributed by atoms with Crippen molar-refractivity contribution in [2.75, 3.05) is 12.4 Å². The molecule has 0 spiro atoms. The fourth-order valence-corrected chi connectivity index (χ4v) is 1.96. The molecule has 6 heteroatoms. The van der Waals surface area contributed by atoms with Crippen molar-refractivity contribution in [1.29, 1.82) is 0 Å². The molecule has 0 bridgehead atoms. The fraction of sp³-hybridized carbons (Fsp3) is 0.308. The summed E-state index contributed by atoms with van der Waals surface area (Å²) in [4.78, 5) is 11.6. The Morgan fingerprint density at radius 3 is 2.79 bits per heavy atom. The number of carbonyl (C=O) groups is 1. The summed E-state index contributed by atoms with van der Waals surface area (Å²) in [6.07, 6.45) is 3.47. The molecule has 1 aliphatic rings. The molecular weight excluding hydrogens is 360 g/mol. The van der Waals surface area contributed by atoms with E-state index in [2.05, 4.69) is 16.0 Å². The standard InChI is InChI=1S/C13H15FIN3O/c1-16-12(7-13(19)17-9-3-4-9)18-11-5-2-8(15)6-10(11)14/h2,5-7,9,16,18H,3-4H2,1H3,(H,17,19)/b12-7-. The van der Waals surface area contributed by atoms with Gasteiger partial charge in [-0.1, -0.05) is 0 Å². The Kier molecular flexibility index (Phi) is 4.62. The lowest BCUT2D eigenvalue weighted by molar-refractivity contribution is -0.116. The molecule has 0 saturated heterocycles. The highest BCUT2D eigenvalue weighted by atomic mass is 127. The van der Waals surface area contributed by atoms with E-state index in [9.17, 15) is 9.18 Å². The molecule has 0 radical (unpaired) electrons. The van der Waals surface area contributed by atoms with Gasteiger partial charge in [0.05, 0.1) is 5.69 Å². The van der Waals surface area contributed by atoms with Crippen LogP contribution in [-0.4, -0.2) is 19.0 Å². The molecule has 1 amide bonds. The molecule has 0 heterocycles. The molecule has 1 aromatic rings. The maximum atomic E-state index is 13.7. The van der Waals surface area contributed by atoms with Crippen molar-refractivity contribution in [2.45, 2.75) is 18.9 Å². The number of hydrogen-bond donors (Lipinski definition) is 3. The van der Waals surface area contributed by atoms with Gasteiger partial charge in [0.2, 0.25) is 5.91 Å². The van der Waals surface area contributed by atoms with Crippen LogP contribution in [0.1, 0.15) is 12.8 Å². The highest BCUT2D eigenvalue weighted by molar-refractivity contribution is 14.1. The third-order valence-electron chi connectivity index (χ3n) is 2.67. The molecule has 0 aromatic heterocycles. The molecule has 4 nitrogen and oxygen atoms in total. The molecule has 1 aromatic carbocycles. The van der Waals surface area contributed by atoms with E-state index in [4.69, 9.17) is 0 Å². The maximum absolute atomic E-state index is 13.7. The van der Waals surface area contributed by atoms with Crippen LogP contribution in [-0.2, 0) is 4.79 Å². The van der Waals surface area contributed by atoms with Crippen LogP contribution in [0.15, 0.2) is 30.1 Å². The van der Waals surface area contributed by atoms with Crippen molar-refractivity contribution in [3.8, 4) is 0 Å². The summed E-state index contributed by atoms with van der Waals surface area (Å²) < 4.78 is 14.5. The Labute approximate surface area is 125 Å². The number of carbonyl (C=O) groups excluding carboxylic acids is 1. The molecule has 3 N–H and O–H groups in total. The van der Waals surface area contributed by atoms with Gasteiger partial charge in [0.1, 0.15) is 11.6 Å². The molecule has 19 heavy (non-hydrogen) atoms. The smallest absolute Gasteiger partial charge is 0.247 e. The Hall–Kier alpha value is -1.31. The van der Waals surface area contributed by atoms with Gasteiger partial charge < -0.3 is 16.0 Å². The Bertz CT molecular complexity index is 515. The minimum absolute atomic E-state index is 0.176. The topological polar surface area (TPSA) is 53.2 Å². The zero-order valence-electron chi connectivity index (χ0n) is 10.5. The van der Waals surface area contributed by atoms with Crippen molar-refractivity contribution >= 4 is 34.2 Å². The van der Waals surface area contributed by atoms with E-state index in [-0.39, 0.29) is 11.7 Å². The molecule has 1 saturated carbocycles. The van der Waals surface area contributed by atoms with E-state index in [0.29, 0.717) is 17.6 Å². The van der Waals surface area contributed by atoms with Crippen molar-refractivity contribution in [3.63, 3.8) is 0 Å². The minimum Gasteiger partial charge on any atom is -0.375 e. The number of hydrogen-bond acceptors (Lipinski definition) is 3. The first kappa shape index (κ1) is 14.1. The van der Waals surface area contributed by atoms with Crippen LogP contribution in [0.2, 0.25) is 0 Å². The molecular formula is C13H15FIN3O. The Balaban J connectivity index is 2.04. The average Bonchev–Trinajstić information content (AvgIpc) is 3.15. The summed E-state index contributed by atoms with van der Waals surface area (Å²) >= 11 is 2.04. The summed E-state index contributed by atoms with van der Waals surface area (Å²) in [5.74, 6) is -0.0702. The van der Waals surface area contributed by atoms with E-state index < -0.39 is 0 Å². The molecule has 0 unspecified atom stereocenters. The first-order chi connectivity index (χ1) is 9.08. The van der Waals surface area contributed by atoms with Gasteiger partial charge in [-0.2, -0.15) is 0 Å². The number of rotatable bonds is 5. The highest BCUT2D eigenvalue weighted by Gasteiger charge is 2.22. The van der Waals surface area contributed by atoms with Gasteiger partial charge in [-0.15, -0.1) is 0 Å². The number of benzene rings is 1. The van der Waals surface area contributed by atoms with Crippen molar-refractivity contribution in [2.24, 2.45) is 0 Å². The predicted octanol–water partition coefficient (Wildman–Crippen LogP) is 2.18. The monoisotopic (exact) mass is 375 g/mol. The van der Waals surface area contributed by atoms with Gasteiger partial charge in [0, 0.05) is 22.7 Å². The largest absolute Gasteiger partial charge is 0.375 e. The van der Waals surface area contributed by atoms with Crippen LogP contribution < -0.4 is 16.0 Å². The molecule has 2 rings (SSSR count). The van der Waals surface area contributed by atoms with Gasteiger partial charge in [-0.05, 0) is 53.6 Å². The van der Waals surface area contributed by atoms with Crippen LogP contribution >= 0.6 is 22.6 Å². The number of anilines is 1. The molecule has 0 aliphatic heterocycles. The van der Waals surface area contributed by atoms with Crippen molar-refractivity contribution in [1.82, 2.24) is 10.6 Å². The fourth-order valence-electron chi connectivity index (χ4n) is 1.51. The summed E-state index contributed by atoms with van der Waals surface area (Å²) in [5.41, 5.74) is 0.334. The summed E-state index contributed by atoms with van der Waals surface area (Å²) in [6, 6.07) is 5.17. The predicted molar refractivity (Wildman–Crippen MR) is 81.0 cm³/mol. The number of halogens is 2.